The van der Waals surface area contributed by atoms with Gasteiger partial charge in [0, 0.05) is 23.5 Å². The molecule has 2 aromatic carbocycles. The number of carbonyl (C=O) groups is 1. The summed E-state index contributed by atoms with van der Waals surface area (Å²) in [5, 5.41) is 12.3. The van der Waals surface area contributed by atoms with E-state index in [0.717, 1.165) is 21.2 Å². The molecule has 0 aliphatic carbocycles. The molecule has 0 radical (unpaired) electrons. The number of hydrogen-bond acceptors (Lipinski definition) is 3. The van der Waals surface area contributed by atoms with Crippen molar-refractivity contribution < 1.29 is 14.6 Å². The predicted octanol–water partition coefficient (Wildman–Crippen LogP) is 3.83. The second-order valence-electron chi connectivity index (χ2n) is 5.72. The molecule has 24 heavy (non-hydrogen) atoms. The highest BCUT2D eigenvalue weighted by molar-refractivity contribution is 9.10. The highest BCUT2D eigenvalue weighted by Gasteiger charge is 2.13. The second-order valence-corrected chi connectivity index (χ2v) is 6.57. The van der Waals surface area contributed by atoms with Crippen LogP contribution in [0.2, 0.25) is 0 Å². The molecule has 2 rings (SSSR count). The van der Waals surface area contributed by atoms with E-state index < -0.39 is 6.09 Å². The van der Waals surface area contributed by atoms with Crippen LogP contribution < -0.4 is 5.32 Å². The maximum atomic E-state index is 11.8. The molecular formula is C19H22BrNO3. The Morgan fingerprint density at radius 3 is 2.67 bits per heavy atom. The third kappa shape index (κ3) is 5.65. The number of ether oxygens (including phenoxy) is 1. The van der Waals surface area contributed by atoms with Crippen molar-refractivity contribution >= 4 is 22.0 Å². The van der Waals surface area contributed by atoms with Crippen LogP contribution in [0.5, 0.6) is 0 Å². The molecule has 128 valence electrons. The molecule has 1 amide bonds. The SMILES string of the molecule is Cc1c(Br)cccc1CC(CO)CNC(=O)OCc1ccccc1. The summed E-state index contributed by atoms with van der Waals surface area (Å²) in [5.41, 5.74) is 3.25. The highest BCUT2D eigenvalue weighted by Crippen LogP contribution is 2.21. The number of alkyl carbamates (subject to hydrolysis) is 1. The van der Waals surface area contributed by atoms with Crippen molar-refractivity contribution in [1.29, 1.82) is 0 Å². The Labute approximate surface area is 151 Å². The maximum Gasteiger partial charge on any atom is 0.407 e. The summed E-state index contributed by atoms with van der Waals surface area (Å²) >= 11 is 3.51. The van der Waals surface area contributed by atoms with Crippen molar-refractivity contribution in [3.63, 3.8) is 0 Å². The fourth-order valence-electron chi connectivity index (χ4n) is 2.39. The lowest BCUT2D eigenvalue weighted by Gasteiger charge is -2.17. The van der Waals surface area contributed by atoms with Gasteiger partial charge in [0.05, 0.1) is 0 Å². The van der Waals surface area contributed by atoms with Gasteiger partial charge in [0.2, 0.25) is 0 Å². The van der Waals surface area contributed by atoms with Crippen LogP contribution in [0.3, 0.4) is 0 Å². The fraction of sp³-hybridized carbons (Fsp3) is 0.316. The molecule has 0 aliphatic rings. The Morgan fingerprint density at radius 1 is 1.21 bits per heavy atom. The Balaban J connectivity index is 1.80. The minimum atomic E-state index is -0.469. The van der Waals surface area contributed by atoms with E-state index in [4.69, 9.17) is 4.74 Å². The molecule has 0 saturated heterocycles. The largest absolute Gasteiger partial charge is 0.445 e. The molecule has 2 aromatic rings. The van der Waals surface area contributed by atoms with Gasteiger partial charge in [-0.2, -0.15) is 0 Å². The molecule has 1 atom stereocenters. The Morgan fingerprint density at radius 2 is 1.96 bits per heavy atom. The first-order valence-corrected chi connectivity index (χ1v) is 8.69. The van der Waals surface area contributed by atoms with Crippen molar-refractivity contribution in [1.82, 2.24) is 5.32 Å². The van der Waals surface area contributed by atoms with Crippen LogP contribution in [0.15, 0.2) is 53.0 Å². The van der Waals surface area contributed by atoms with E-state index in [2.05, 4.69) is 21.2 Å². The molecule has 0 saturated carbocycles. The monoisotopic (exact) mass is 391 g/mol. The van der Waals surface area contributed by atoms with E-state index in [-0.39, 0.29) is 19.1 Å². The van der Waals surface area contributed by atoms with Crippen molar-refractivity contribution in [2.75, 3.05) is 13.2 Å². The van der Waals surface area contributed by atoms with Gasteiger partial charge < -0.3 is 15.2 Å². The minimum absolute atomic E-state index is 0.00488. The summed E-state index contributed by atoms with van der Waals surface area (Å²) in [7, 11) is 0. The average Bonchev–Trinajstić information content (AvgIpc) is 2.61. The van der Waals surface area contributed by atoms with Crippen LogP contribution in [0.4, 0.5) is 4.79 Å². The summed E-state index contributed by atoms with van der Waals surface area (Å²) in [4.78, 5) is 11.8. The zero-order chi connectivity index (χ0) is 17.4. The number of rotatable bonds is 7. The van der Waals surface area contributed by atoms with Crippen molar-refractivity contribution in [2.45, 2.75) is 20.0 Å². The quantitative estimate of drug-likeness (QED) is 0.753. The summed E-state index contributed by atoms with van der Waals surface area (Å²) in [6.07, 6.45) is 0.226. The normalized spacial score (nSPS) is 11.8. The Kier molecular flexibility index (Phi) is 7.28. The van der Waals surface area contributed by atoms with Gasteiger partial charge in [-0.3, -0.25) is 0 Å². The topological polar surface area (TPSA) is 58.6 Å². The van der Waals surface area contributed by atoms with Crippen molar-refractivity contribution in [3.05, 3.63) is 69.7 Å². The summed E-state index contributed by atoms with van der Waals surface area (Å²) < 4.78 is 6.22. The number of halogens is 1. The van der Waals surface area contributed by atoms with Crippen LogP contribution in [0.1, 0.15) is 16.7 Å². The van der Waals surface area contributed by atoms with Gasteiger partial charge >= 0.3 is 6.09 Å². The third-order valence-electron chi connectivity index (χ3n) is 3.89. The number of aliphatic hydroxyl groups is 1. The van der Waals surface area contributed by atoms with Gasteiger partial charge in [0.15, 0.2) is 0 Å². The molecule has 2 N–H and O–H groups in total. The fourth-order valence-corrected chi connectivity index (χ4v) is 2.79. The van der Waals surface area contributed by atoms with E-state index in [9.17, 15) is 9.90 Å². The first kappa shape index (κ1) is 18.5. The molecular weight excluding hydrogens is 370 g/mol. The number of amides is 1. The summed E-state index contributed by atoms with van der Waals surface area (Å²) in [6, 6.07) is 15.5. The zero-order valence-corrected chi connectivity index (χ0v) is 15.3. The van der Waals surface area contributed by atoms with Crippen LogP contribution in [-0.4, -0.2) is 24.4 Å². The Bertz CT molecular complexity index is 661. The van der Waals surface area contributed by atoms with Crippen LogP contribution in [0, 0.1) is 12.8 Å². The molecule has 0 aliphatic heterocycles. The van der Waals surface area contributed by atoms with E-state index >= 15 is 0 Å². The smallest absolute Gasteiger partial charge is 0.407 e. The highest BCUT2D eigenvalue weighted by atomic mass is 79.9. The lowest BCUT2D eigenvalue weighted by Crippen LogP contribution is -2.32. The van der Waals surface area contributed by atoms with E-state index in [1.165, 1.54) is 0 Å². The molecule has 0 aromatic heterocycles. The molecule has 0 heterocycles. The number of nitrogens with one attached hydrogen (secondary N) is 1. The lowest BCUT2D eigenvalue weighted by atomic mass is 9.96. The van der Waals surface area contributed by atoms with Gasteiger partial charge in [0.25, 0.3) is 0 Å². The van der Waals surface area contributed by atoms with Gasteiger partial charge in [-0.05, 0) is 36.1 Å². The second kappa shape index (κ2) is 9.45. The van der Waals surface area contributed by atoms with Gasteiger partial charge in [-0.15, -0.1) is 0 Å². The molecule has 5 heteroatoms. The first-order valence-electron chi connectivity index (χ1n) is 7.89. The van der Waals surface area contributed by atoms with Crippen molar-refractivity contribution in [2.24, 2.45) is 5.92 Å². The Hall–Kier alpha value is -1.85. The number of carbonyl (C=O) groups excluding carboxylic acids is 1. The zero-order valence-electron chi connectivity index (χ0n) is 13.7. The van der Waals surface area contributed by atoms with Gasteiger partial charge in [-0.1, -0.05) is 58.4 Å². The third-order valence-corrected chi connectivity index (χ3v) is 4.75. The number of aliphatic hydroxyl groups excluding tert-OH is 1. The van der Waals surface area contributed by atoms with Gasteiger partial charge in [-0.25, -0.2) is 4.79 Å². The average molecular weight is 392 g/mol. The lowest BCUT2D eigenvalue weighted by molar-refractivity contribution is 0.135. The molecule has 0 spiro atoms. The van der Waals surface area contributed by atoms with Gasteiger partial charge in [0.1, 0.15) is 6.61 Å². The first-order chi connectivity index (χ1) is 11.6. The molecule has 1 unspecified atom stereocenters. The minimum Gasteiger partial charge on any atom is -0.445 e. The molecule has 0 fully saturated rings. The van der Waals surface area contributed by atoms with Crippen LogP contribution in [-0.2, 0) is 17.8 Å². The van der Waals surface area contributed by atoms with Crippen molar-refractivity contribution in [3.8, 4) is 0 Å². The van der Waals surface area contributed by atoms with Crippen LogP contribution >= 0.6 is 15.9 Å². The molecule has 4 nitrogen and oxygen atoms in total. The van der Waals surface area contributed by atoms with E-state index in [0.29, 0.717) is 13.0 Å². The molecule has 0 bridgehead atoms. The predicted molar refractivity (Wildman–Crippen MR) is 97.8 cm³/mol. The number of hydrogen-bond donors (Lipinski definition) is 2. The van der Waals surface area contributed by atoms with E-state index in [1.807, 2.05) is 55.5 Å². The summed E-state index contributed by atoms with van der Waals surface area (Å²) in [6.45, 7) is 2.65. The summed E-state index contributed by atoms with van der Waals surface area (Å²) in [5.74, 6) is -0.0534. The van der Waals surface area contributed by atoms with Crippen LogP contribution in [0.25, 0.3) is 0 Å². The van der Waals surface area contributed by atoms with E-state index in [1.54, 1.807) is 0 Å². The standard InChI is InChI=1S/C19H22BrNO3/c1-14-17(8-5-9-18(14)20)10-16(12-22)11-21-19(23)24-13-15-6-3-2-4-7-15/h2-9,16,22H,10-13H2,1H3,(H,21,23). The maximum absolute atomic E-state index is 11.8. The number of benzene rings is 2.